The molecule has 160 valence electrons. The van der Waals surface area contributed by atoms with Gasteiger partial charge in [0.1, 0.15) is 0 Å². The first kappa shape index (κ1) is 21.2. The smallest absolute Gasteiger partial charge is 0.338 e. The van der Waals surface area contributed by atoms with Gasteiger partial charge in [0.05, 0.1) is 12.2 Å². The minimum atomic E-state index is -0.201. The van der Waals surface area contributed by atoms with E-state index in [1.807, 2.05) is 30.3 Å². The van der Waals surface area contributed by atoms with Gasteiger partial charge in [-0.05, 0) is 83.6 Å². The first-order chi connectivity index (χ1) is 14.3. The van der Waals surface area contributed by atoms with Crippen molar-refractivity contribution in [2.45, 2.75) is 77.6 Å². The Morgan fingerprint density at radius 3 is 2.60 bits per heavy atom. The number of ether oxygens (including phenoxy) is 1. The van der Waals surface area contributed by atoms with Crippen LogP contribution in [-0.4, -0.2) is 12.6 Å². The van der Waals surface area contributed by atoms with Crippen LogP contribution in [0.5, 0.6) is 0 Å². The van der Waals surface area contributed by atoms with Crippen LogP contribution in [0.1, 0.15) is 92.8 Å². The number of hydrogen-bond acceptors (Lipinski definition) is 2. The van der Waals surface area contributed by atoms with Crippen LogP contribution in [0, 0.1) is 11.3 Å². The number of rotatable bonds is 5. The van der Waals surface area contributed by atoms with E-state index < -0.39 is 0 Å². The number of aryl methyl sites for hydroxylation is 1. The van der Waals surface area contributed by atoms with Crippen LogP contribution in [0.2, 0.25) is 0 Å². The van der Waals surface area contributed by atoms with Gasteiger partial charge in [0.25, 0.3) is 0 Å². The van der Waals surface area contributed by atoms with Crippen LogP contribution in [-0.2, 0) is 16.6 Å². The van der Waals surface area contributed by atoms with Crippen LogP contribution in [0.25, 0.3) is 0 Å². The summed E-state index contributed by atoms with van der Waals surface area (Å²) in [7, 11) is 0. The minimum absolute atomic E-state index is 0.201. The molecule has 0 radical (unpaired) electrons. The van der Waals surface area contributed by atoms with Gasteiger partial charge in [-0.1, -0.05) is 70.5 Å². The monoisotopic (exact) mass is 404 g/mol. The van der Waals surface area contributed by atoms with E-state index in [1.165, 1.54) is 37.7 Å². The van der Waals surface area contributed by atoms with E-state index in [9.17, 15) is 4.79 Å². The van der Waals surface area contributed by atoms with Gasteiger partial charge in [-0.25, -0.2) is 4.79 Å². The van der Waals surface area contributed by atoms with Crippen molar-refractivity contribution in [3.63, 3.8) is 0 Å². The minimum Gasteiger partial charge on any atom is -0.462 e. The molecule has 2 aromatic carbocycles. The molecule has 0 heterocycles. The second-order valence-electron chi connectivity index (χ2n) is 10.3. The van der Waals surface area contributed by atoms with Gasteiger partial charge in [0.15, 0.2) is 0 Å². The lowest BCUT2D eigenvalue weighted by atomic mass is 9.49. The van der Waals surface area contributed by atoms with Crippen LogP contribution in [0.15, 0.2) is 48.5 Å². The Morgan fingerprint density at radius 2 is 1.87 bits per heavy atom. The molecule has 0 saturated heterocycles. The van der Waals surface area contributed by atoms with Crippen LogP contribution < -0.4 is 0 Å². The summed E-state index contributed by atoms with van der Waals surface area (Å²) in [5.74, 6) is 1.02. The summed E-state index contributed by atoms with van der Waals surface area (Å²) in [6.07, 6.45) is 7.12. The van der Waals surface area contributed by atoms with Gasteiger partial charge in [0, 0.05) is 0 Å². The molecule has 1 fully saturated rings. The molecule has 0 N–H and O–H groups in total. The standard InChI is InChI=1S/C28H36O2/c1-20(2)22-11-13-24-23(19-22)12-14-25-27(3,15-8-16-28(24,25)4)17-18-30-26(29)21-9-6-5-7-10-21/h5-7,9-11,13,19-20,25H,8,12,14-18H2,1-4H3. The Balaban J connectivity index is 1.50. The van der Waals surface area contributed by atoms with E-state index in [0.29, 0.717) is 24.0 Å². The SMILES string of the molecule is CC(C)c1ccc2c(c1)CCC1C(C)(CCOC(=O)c3ccccc3)CCCC21C. The maximum atomic E-state index is 12.4. The fourth-order valence-electron chi connectivity index (χ4n) is 6.34. The highest BCUT2D eigenvalue weighted by Crippen LogP contribution is 2.58. The average molecular weight is 405 g/mol. The Hall–Kier alpha value is -2.09. The molecule has 2 aromatic rings. The second kappa shape index (κ2) is 8.21. The van der Waals surface area contributed by atoms with Crippen molar-refractivity contribution in [1.82, 2.24) is 0 Å². The normalized spacial score (nSPS) is 28.0. The molecule has 0 spiro atoms. The zero-order chi connectivity index (χ0) is 21.4. The quantitative estimate of drug-likeness (QED) is 0.498. The maximum Gasteiger partial charge on any atom is 0.338 e. The topological polar surface area (TPSA) is 26.3 Å². The van der Waals surface area contributed by atoms with Crippen molar-refractivity contribution in [2.75, 3.05) is 6.61 Å². The number of carbonyl (C=O) groups is 1. The third kappa shape index (κ3) is 3.82. The molecule has 2 aliphatic rings. The van der Waals surface area contributed by atoms with Crippen molar-refractivity contribution in [3.05, 3.63) is 70.8 Å². The molecule has 1 saturated carbocycles. The van der Waals surface area contributed by atoms with E-state index >= 15 is 0 Å². The lowest BCUT2D eigenvalue weighted by Gasteiger charge is -2.55. The molecule has 2 aliphatic carbocycles. The number of esters is 1. The van der Waals surface area contributed by atoms with Crippen molar-refractivity contribution in [2.24, 2.45) is 11.3 Å². The van der Waals surface area contributed by atoms with E-state index in [-0.39, 0.29) is 16.8 Å². The summed E-state index contributed by atoms with van der Waals surface area (Å²) in [5, 5.41) is 0. The number of carbonyl (C=O) groups excluding carboxylic acids is 1. The predicted octanol–water partition coefficient (Wildman–Crippen LogP) is 7.07. The van der Waals surface area contributed by atoms with Crippen molar-refractivity contribution in [1.29, 1.82) is 0 Å². The molecular formula is C28H36O2. The average Bonchev–Trinajstić information content (AvgIpc) is 2.73. The first-order valence-electron chi connectivity index (χ1n) is 11.7. The lowest BCUT2D eigenvalue weighted by molar-refractivity contribution is -0.00225. The highest BCUT2D eigenvalue weighted by atomic mass is 16.5. The van der Waals surface area contributed by atoms with E-state index in [1.54, 1.807) is 11.1 Å². The maximum absolute atomic E-state index is 12.4. The second-order valence-corrected chi connectivity index (χ2v) is 10.3. The number of fused-ring (bicyclic) bond motifs is 3. The van der Waals surface area contributed by atoms with E-state index in [0.717, 1.165) is 6.42 Å². The van der Waals surface area contributed by atoms with Crippen LogP contribution in [0.4, 0.5) is 0 Å². The summed E-state index contributed by atoms with van der Waals surface area (Å²) in [5.41, 5.74) is 5.71. The fourth-order valence-corrected chi connectivity index (χ4v) is 6.34. The summed E-state index contributed by atoms with van der Waals surface area (Å²) in [4.78, 5) is 12.4. The third-order valence-corrected chi connectivity index (χ3v) is 8.08. The van der Waals surface area contributed by atoms with Gasteiger partial charge in [-0.15, -0.1) is 0 Å². The first-order valence-corrected chi connectivity index (χ1v) is 11.7. The Morgan fingerprint density at radius 1 is 1.10 bits per heavy atom. The summed E-state index contributed by atoms with van der Waals surface area (Å²) in [6, 6.07) is 16.6. The zero-order valence-corrected chi connectivity index (χ0v) is 19.0. The predicted molar refractivity (Wildman–Crippen MR) is 123 cm³/mol. The van der Waals surface area contributed by atoms with Crippen LogP contribution in [0.3, 0.4) is 0 Å². The molecule has 2 heteroatoms. The molecule has 4 rings (SSSR count). The number of hydrogen-bond donors (Lipinski definition) is 0. The van der Waals surface area contributed by atoms with E-state index in [4.69, 9.17) is 4.74 Å². The Bertz CT molecular complexity index is 900. The van der Waals surface area contributed by atoms with Gasteiger partial charge in [-0.3, -0.25) is 0 Å². The van der Waals surface area contributed by atoms with Crippen molar-refractivity contribution >= 4 is 5.97 Å². The summed E-state index contributed by atoms with van der Waals surface area (Å²) < 4.78 is 5.68. The lowest BCUT2D eigenvalue weighted by Crippen LogP contribution is -2.49. The molecule has 0 bridgehead atoms. The van der Waals surface area contributed by atoms with E-state index in [2.05, 4.69) is 45.9 Å². The van der Waals surface area contributed by atoms with Crippen molar-refractivity contribution in [3.8, 4) is 0 Å². The zero-order valence-electron chi connectivity index (χ0n) is 19.0. The Labute approximate surface area is 182 Å². The van der Waals surface area contributed by atoms with Gasteiger partial charge in [-0.2, -0.15) is 0 Å². The third-order valence-electron chi connectivity index (χ3n) is 8.08. The fraction of sp³-hybridized carbons (Fsp3) is 0.536. The summed E-state index contributed by atoms with van der Waals surface area (Å²) in [6.45, 7) is 10.0. The Kier molecular flexibility index (Phi) is 5.79. The molecule has 0 aromatic heterocycles. The van der Waals surface area contributed by atoms with Crippen molar-refractivity contribution < 1.29 is 9.53 Å². The van der Waals surface area contributed by atoms with Crippen LogP contribution >= 0.6 is 0 Å². The highest BCUT2D eigenvalue weighted by molar-refractivity contribution is 5.89. The molecule has 0 amide bonds. The molecule has 3 unspecified atom stereocenters. The largest absolute Gasteiger partial charge is 0.462 e. The molecular weight excluding hydrogens is 368 g/mol. The molecule has 0 aliphatic heterocycles. The molecule has 3 atom stereocenters. The van der Waals surface area contributed by atoms with Gasteiger partial charge >= 0.3 is 5.97 Å². The summed E-state index contributed by atoms with van der Waals surface area (Å²) >= 11 is 0. The molecule has 30 heavy (non-hydrogen) atoms. The van der Waals surface area contributed by atoms with Gasteiger partial charge in [0.2, 0.25) is 0 Å². The number of benzene rings is 2. The van der Waals surface area contributed by atoms with Gasteiger partial charge < -0.3 is 4.74 Å². The highest BCUT2D eigenvalue weighted by Gasteiger charge is 2.51. The molecule has 2 nitrogen and oxygen atoms in total.